The van der Waals surface area contributed by atoms with Gasteiger partial charge in [0.15, 0.2) is 0 Å². The Morgan fingerprint density at radius 1 is 1.05 bits per heavy atom. The Labute approximate surface area is 124 Å². The molecule has 114 valence electrons. The van der Waals surface area contributed by atoms with Crippen molar-refractivity contribution in [2.24, 2.45) is 5.92 Å². The van der Waals surface area contributed by atoms with E-state index in [0.29, 0.717) is 5.92 Å². The average Bonchev–Trinajstić information content (AvgIpc) is 2.39. The molecule has 1 rings (SSSR count). The van der Waals surface area contributed by atoms with Gasteiger partial charge >= 0.3 is 0 Å². The summed E-state index contributed by atoms with van der Waals surface area (Å²) in [6.45, 7) is 15.3. The first-order valence-electron chi connectivity index (χ1n) is 7.83. The maximum Gasteiger partial charge on any atom is 0.119 e. The van der Waals surface area contributed by atoms with Crippen LogP contribution in [0, 0.1) is 5.92 Å². The zero-order chi connectivity index (χ0) is 15.2. The van der Waals surface area contributed by atoms with Gasteiger partial charge in [0.25, 0.3) is 0 Å². The minimum atomic E-state index is 0.193. The van der Waals surface area contributed by atoms with E-state index in [-0.39, 0.29) is 11.5 Å². The van der Waals surface area contributed by atoms with E-state index in [0.717, 1.165) is 25.3 Å². The van der Waals surface area contributed by atoms with Gasteiger partial charge in [0.1, 0.15) is 11.9 Å². The van der Waals surface area contributed by atoms with Crippen LogP contribution < -0.4 is 10.1 Å². The van der Waals surface area contributed by atoms with Crippen molar-refractivity contribution in [3.05, 3.63) is 29.8 Å². The molecule has 0 bridgehead atoms. The molecular weight excluding hydrogens is 246 g/mol. The van der Waals surface area contributed by atoms with E-state index in [1.807, 2.05) is 0 Å². The van der Waals surface area contributed by atoms with Crippen molar-refractivity contribution in [3.8, 4) is 5.75 Å². The maximum absolute atomic E-state index is 5.93. The molecule has 0 fully saturated rings. The molecule has 1 N–H and O–H groups in total. The summed E-state index contributed by atoms with van der Waals surface area (Å²) in [5, 5.41) is 3.42. The number of nitrogens with one attached hydrogen (secondary N) is 1. The normalized spacial score (nSPS) is 13.6. The fourth-order valence-corrected chi connectivity index (χ4v) is 2.04. The zero-order valence-electron chi connectivity index (χ0n) is 14.0. The molecule has 0 spiro atoms. The molecule has 0 heterocycles. The topological polar surface area (TPSA) is 21.3 Å². The fraction of sp³-hybridized carbons (Fsp3) is 0.667. The number of hydrogen-bond donors (Lipinski definition) is 1. The molecule has 0 saturated heterocycles. The summed E-state index contributed by atoms with van der Waals surface area (Å²) in [7, 11) is 0. The lowest BCUT2D eigenvalue weighted by molar-refractivity contribution is 0.215. The molecule has 1 aromatic rings. The first-order chi connectivity index (χ1) is 9.35. The lowest BCUT2D eigenvalue weighted by atomic mass is 9.82. The molecule has 1 unspecified atom stereocenters. The highest BCUT2D eigenvalue weighted by atomic mass is 16.5. The summed E-state index contributed by atoms with van der Waals surface area (Å²) >= 11 is 0. The van der Waals surface area contributed by atoms with Gasteiger partial charge in [-0.15, -0.1) is 0 Å². The third kappa shape index (κ3) is 5.54. The molecule has 0 aliphatic rings. The first kappa shape index (κ1) is 17.0. The first-order valence-corrected chi connectivity index (χ1v) is 7.83. The second-order valence-electron chi connectivity index (χ2n) is 6.74. The Balaban J connectivity index is 2.49. The predicted molar refractivity (Wildman–Crippen MR) is 87.6 cm³/mol. The Morgan fingerprint density at radius 2 is 1.65 bits per heavy atom. The Bertz CT molecular complexity index is 381. The number of hydrogen-bond acceptors (Lipinski definition) is 2. The van der Waals surface area contributed by atoms with E-state index >= 15 is 0 Å². The van der Waals surface area contributed by atoms with Gasteiger partial charge < -0.3 is 10.1 Å². The SMILES string of the molecule is CCC(C)(C)c1ccc(OC(C)CNCC(C)C)cc1. The quantitative estimate of drug-likeness (QED) is 0.761. The lowest BCUT2D eigenvalue weighted by Gasteiger charge is -2.24. The second kappa shape index (κ2) is 7.68. The van der Waals surface area contributed by atoms with Crippen molar-refractivity contribution in [3.63, 3.8) is 0 Å². The average molecular weight is 277 g/mol. The van der Waals surface area contributed by atoms with Crippen LogP contribution in [0.5, 0.6) is 5.75 Å². The fourth-order valence-electron chi connectivity index (χ4n) is 2.04. The van der Waals surface area contributed by atoms with Crippen molar-refractivity contribution < 1.29 is 4.74 Å². The minimum absolute atomic E-state index is 0.193. The van der Waals surface area contributed by atoms with E-state index in [1.165, 1.54) is 5.56 Å². The number of benzene rings is 1. The van der Waals surface area contributed by atoms with Crippen molar-refractivity contribution >= 4 is 0 Å². The molecule has 0 saturated carbocycles. The summed E-state index contributed by atoms with van der Waals surface area (Å²) in [4.78, 5) is 0. The van der Waals surface area contributed by atoms with Crippen molar-refractivity contribution in [1.82, 2.24) is 5.32 Å². The van der Waals surface area contributed by atoms with Crippen LogP contribution in [0.15, 0.2) is 24.3 Å². The third-order valence-corrected chi connectivity index (χ3v) is 3.84. The largest absolute Gasteiger partial charge is 0.489 e. The van der Waals surface area contributed by atoms with E-state index in [4.69, 9.17) is 4.74 Å². The molecule has 1 aromatic carbocycles. The Morgan fingerprint density at radius 3 is 2.15 bits per heavy atom. The summed E-state index contributed by atoms with van der Waals surface area (Å²) in [5.74, 6) is 1.64. The zero-order valence-corrected chi connectivity index (χ0v) is 14.0. The molecule has 20 heavy (non-hydrogen) atoms. The summed E-state index contributed by atoms with van der Waals surface area (Å²) in [5.41, 5.74) is 1.61. The highest BCUT2D eigenvalue weighted by Gasteiger charge is 2.17. The van der Waals surface area contributed by atoms with Crippen LogP contribution >= 0.6 is 0 Å². The van der Waals surface area contributed by atoms with Gasteiger partial charge in [-0.05, 0) is 48.9 Å². The van der Waals surface area contributed by atoms with Crippen LogP contribution in [-0.4, -0.2) is 19.2 Å². The van der Waals surface area contributed by atoms with Crippen LogP contribution in [0.4, 0.5) is 0 Å². The van der Waals surface area contributed by atoms with E-state index in [9.17, 15) is 0 Å². The third-order valence-electron chi connectivity index (χ3n) is 3.84. The van der Waals surface area contributed by atoms with E-state index in [1.54, 1.807) is 0 Å². The van der Waals surface area contributed by atoms with Crippen LogP contribution in [0.3, 0.4) is 0 Å². The monoisotopic (exact) mass is 277 g/mol. The van der Waals surface area contributed by atoms with Gasteiger partial charge in [-0.2, -0.15) is 0 Å². The van der Waals surface area contributed by atoms with Gasteiger partial charge in [-0.25, -0.2) is 0 Å². The molecule has 2 heteroatoms. The standard InChI is InChI=1S/C18H31NO/c1-7-18(5,6)16-8-10-17(11-9-16)20-15(4)13-19-12-14(2)3/h8-11,14-15,19H,7,12-13H2,1-6H3. The van der Waals surface area contributed by atoms with Crippen LogP contribution in [-0.2, 0) is 5.41 Å². The number of ether oxygens (including phenoxy) is 1. The van der Waals surface area contributed by atoms with Gasteiger partial charge in [-0.1, -0.05) is 46.8 Å². The van der Waals surface area contributed by atoms with Crippen molar-refractivity contribution in [2.45, 2.75) is 59.5 Å². The molecule has 2 nitrogen and oxygen atoms in total. The molecule has 0 amide bonds. The minimum Gasteiger partial charge on any atom is -0.489 e. The highest BCUT2D eigenvalue weighted by Crippen LogP contribution is 2.28. The van der Waals surface area contributed by atoms with E-state index in [2.05, 4.69) is 71.1 Å². The summed E-state index contributed by atoms with van der Waals surface area (Å²) < 4.78 is 5.93. The number of rotatable bonds is 8. The molecule has 0 radical (unpaired) electrons. The molecule has 0 aliphatic heterocycles. The lowest BCUT2D eigenvalue weighted by Crippen LogP contribution is -2.31. The van der Waals surface area contributed by atoms with Crippen molar-refractivity contribution in [2.75, 3.05) is 13.1 Å². The van der Waals surface area contributed by atoms with Gasteiger partial charge in [-0.3, -0.25) is 0 Å². The van der Waals surface area contributed by atoms with Crippen LogP contribution in [0.2, 0.25) is 0 Å². The van der Waals surface area contributed by atoms with Gasteiger partial charge in [0.05, 0.1) is 0 Å². The molecule has 0 aliphatic carbocycles. The molecule has 1 atom stereocenters. The predicted octanol–water partition coefficient (Wildman–Crippen LogP) is 4.39. The Hall–Kier alpha value is -1.02. The summed E-state index contributed by atoms with van der Waals surface area (Å²) in [6.07, 6.45) is 1.33. The van der Waals surface area contributed by atoms with Gasteiger partial charge in [0, 0.05) is 6.54 Å². The van der Waals surface area contributed by atoms with E-state index < -0.39 is 0 Å². The van der Waals surface area contributed by atoms with Crippen molar-refractivity contribution in [1.29, 1.82) is 0 Å². The van der Waals surface area contributed by atoms with Crippen LogP contribution in [0.1, 0.15) is 53.5 Å². The van der Waals surface area contributed by atoms with Gasteiger partial charge in [0.2, 0.25) is 0 Å². The highest BCUT2D eigenvalue weighted by molar-refractivity contribution is 5.31. The summed E-state index contributed by atoms with van der Waals surface area (Å²) in [6, 6.07) is 8.55. The smallest absolute Gasteiger partial charge is 0.119 e. The maximum atomic E-state index is 5.93. The molecular formula is C18H31NO. The second-order valence-corrected chi connectivity index (χ2v) is 6.74. The Kier molecular flexibility index (Phi) is 6.54. The van der Waals surface area contributed by atoms with Crippen LogP contribution in [0.25, 0.3) is 0 Å². The molecule has 0 aromatic heterocycles.